The Bertz CT molecular complexity index is 1300. The molecule has 0 radical (unpaired) electrons. The first-order chi connectivity index (χ1) is 18.6. The molecular formula is C28H30N6O4. The number of carbonyl (C=O) groups excluding carboxylic acids is 1. The number of carbonyl (C=O) groups is 1. The zero-order valence-electron chi connectivity index (χ0n) is 21.0. The van der Waals surface area contributed by atoms with E-state index in [1.165, 1.54) is 0 Å². The Labute approximate surface area is 221 Å². The molecule has 2 aliphatic heterocycles. The van der Waals surface area contributed by atoms with Crippen LogP contribution in [-0.2, 0) is 9.53 Å². The molecule has 10 heteroatoms. The van der Waals surface area contributed by atoms with E-state index in [0.29, 0.717) is 49.3 Å². The monoisotopic (exact) mass is 514 g/mol. The van der Waals surface area contributed by atoms with Crippen LogP contribution in [0.25, 0.3) is 11.4 Å². The summed E-state index contributed by atoms with van der Waals surface area (Å²) in [6.07, 6.45) is 3.36. The van der Waals surface area contributed by atoms with E-state index in [2.05, 4.69) is 26.3 Å². The van der Waals surface area contributed by atoms with E-state index in [9.17, 15) is 10.1 Å². The number of aromatic nitrogens is 2. The molecule has 38 heavy (non-hydrogen) atoms. The van der Waals surface area contributed by atoms with Gasteiger partial charge >= 0.3 is 0 Å². The number of nitrogens with zero attached hydrogens (tertiary/aromatic N) is 5. The average Bonchev–Trinajstić information content (AvgIpc) is 2.98. The number of piperazine rings is 1. The summed E-state index contributed by atoms with van der Waals surface area (Å²) in [5.41, 5.74) is 3.14. The van der Waals surface area contributed by atoms with Crippen LogP contribution >= 0.6 is 0 Å². The fourth-order valence-electron chi connectivity index (χ4n) is 4.62. The van der Waals surface area contributed by atoms with Gasteiger partial charge in [0.05, 0.1) is 18.8 Å². The van der Waals surface area contributed by atoms with Gasteiger partial charge in [-0.05, 0) is 48.5 Å². The molecule has 3 heterocycles. The van der Waals surface area contributed by atoms with Gasteiger partial charge in [-0.15, -0.1) is 0 Å². The van der Waals surface area contributed by atoms with E-state index >= 15 is 0 Å². The summed E-state index contributed by atoms with van der Waals surface area (Å²) in [7, 11) is 0. The molecule has 3 aromatic rings. The maximum absolute atomic E-state index is 11.7. The maximum Gasteiger partial charge on any atom is 0.248 e. The number of aliphatic hydroxyl groups is 1. The topological polar surface area (TPSA) is 124 Å². The molecule has 2 saturated heterocycles. The molecule has 2 N–H and O–H groups in total. The van der Waals surface area contributed by atoms with Crippen molar-refractivity contribution in [2.24, 2.45) is 0 Å². The number of rotatable bonds is 7. The minimum atomic E-state index is -0.444. The largest absolute Gasteiger partial charge is 0.489 e. The molecule has 5 rings (SSSR count). The number of nitrogens with one attached hydrogen (secondary N) is 1. The molecule has 2 fully saturated rings. The second-order valence-corrected chi connectivity index (χ2v) is 9.22. The van der Waals surface area contributed by atoms with Crippen molar-refractivity contribution in [3.8, 4) is 23.2 Å². The molecule has 1 aromatic heterocycles. The maximum atomic E-state index is 11.7. The summed E-state index contributed by atoms with van der Waals surface area (Å²) in [5, 5.41) is 22.1. The van der Waals surface area contributed by atoms with Crippen LogP contribution in [0.4, 0.5) is 17.2 Å². The molecule has 0 spiro atoms. The number of anilines is 3. The van der Waals surface area contributed by atoms with Crippen LogP contribution in [0, 0.1) is 11.3 Å². The Morgan fingerprint density at radius 3 is 2.58 bits per heavy atom. The van der Waals surface area contributed by atoms with Crippen LogP contribution in [0.1, 0.15) is 18.4 Å². The summed E-state index contributed by atoms with van der Waals surface area (Å²) in [6.45, 7) is 3.53. The highest BCUT2D eigenvalue weighted by Gasteiger charge is 2.21. The predicted molar refractivity (Wildman–Crippen MR) is 142 cm³/mol. The van der Waals surface area contributed by atoms with E-state index < -0.39 is 6.61 Å². The molecule has 0 saturated carbocycles. The first-order valence-electron chi connectivity index (χ1n) is 12.8. The lowest BCUT2D eigenvalue weighted by atomic mass is 10.1. The zero-order valence-corrected chi connectivity index (χ0v) is 21.0. The van der Waals surface area contributed by atoms with Crippen LogP contribution in [-0.4, -0.2) is 78.0 Å². The number of aliphatic hydroxyl groups excluding tert-OH is 1. The number of benzene rings is 2. The highest BCUT2D eigenvalue weighted by molar-refractivity contribution is 5.77. The van der Waals surface area contributed by atoms with Gasteiger partial charge in [-0.1, -0.05) is 0 Å². The van der Waals surface area contributed by atoms with Crippen LogP contribution in [0.15, 0.2) is 54.7 Å². The Balaban J connectivity index is 1.23. The smallest absolute Gasteiger partial charge is 0.248 e. The molecule has 0 atom stereocenters. The second-order valence-electron chi connectivity index (χ2n) is 9.22. The second kappa shape index (κ2) is 11.9. The molecule has 0 aliphatic carbocycles. The molecule has 10 nitrogen and oxygen atoms in total. The van der Waals surface area contributed by atoms with Crippen molar-refractivity contribution in [1.29, 1.82) is 5.26 Å². The first kappa shape index (κ1) is 25.4. The predicted octanol–water partition coefficient (Wildman–Crippen LogP) is 2.96. The van der Waals surface area contributed by atoms with Crippen molar-refractivity contribution in [2.75, 3.05) is 56.2 Å². The standard InChI is InChI=1S/C28H30N6O4/c29-18-21-17-20(1-6-25(21)38-24-8-15-37-16-9-24)28-30-10-7-26(32-28)31-22-2-4-23(5-3-22)33-11-13-34(14-12-33)27(36)19-35/h1-7,10,17,24,35H,8-9,11-16,19H2,(H,30,31,32). The highest BCUT2D eigenvalue weighted by atomic mass is 16.5. The summed E-state index contributed by atoms with van der Waals surface area (Å²) >= 11 is 0. The lowest BCUT2D eigenvalue weighted by Crippen LogP contribution is -2.49. The van der Waals surface area contributed by atoms with Gasteiger partial charge in [-0.3, -0.25) is 4.79 Å². The van der Waals surface area contributed by atoms with Crippen LogP contribution in [0.2, 0.25) is 0 Å². The summed E-state index contributed by atoms with van der Waals surface area (Å²) in [6, 6.07) is 17.5. The summed E-state index contributed by atoms with van der Waals surface area (Å²) < 4.78 is 11.4. The van der Waals surface area contributed by atoms with Crippen molar-refractivity contribution >= 4 is 23.1 Å². The third-order valence-corrected chi connectivity index (χ3v) is 6.75. The molecule has 0 unspecified atom stereocenters. The Hall–Kier alpha value is -4.20. The normalized spacial score (nSPS) is 16.1. The minimum absolute atomic E-state index is 0.0527. The summed E-state index contributed by atoms with van der Waals surface area (Å²) in [5.74, 6) is 1.49. The van der Waals surface area contributed by atoms with Crippen LogP contribution in [0.3, 0.4) is 0 Å². The molecular weight excluding hydrogens is 484 g/mol. The van der Waals surface area contributed by atoms with Gasteiger partial charge in [-0.2, -0.15) is 5.26 Å². The van der Waals surface area contributed by atoms with Gasteiger partial charge in [0.2, 0.25) is 5.91 Å². The molecule has 2 aliphatic rings. The number of ether oxygens (including phenoxy) is 2. The Kier molecular flexibility index (Phi) is 7.97. The van der Waals surface area contributed by atoms with Gasteiger partial charge in [0.15, 0.2) is 5.82 Å². The van der Waals surface area contributed by atoms with Crippen LogP contribution < -0.4 is 15.0 Å². The van der Waals surface area contributed by atoms with Gasteiger partial charge < -0.3 is 29.7 Å². The minimum Gasteiger partial charge on any atom is -0.489 e. The molecule has 1 amide bonds. The van der Waals surface area contributed by atoms with Crippen molar-refractivity contribution in [3.05, 3.63) is 60.3 Å². The van der Waals surface area contributed by atoms with Crippen molar-refractivity contribution < 1.29 is 19.4 Å². The number of nitriles is 1. The van der Waals surface area contributed by atoms with E-state index in [0.717, 1.165) is 42.9 Å². The molecule has 0 bridgehead atoms. The SMILES string of the molecule is N#Cc1cc(-c2nccc(Nc3ccc(N4CCN(C(=O)CO)CC4)cc3)n2)ccc1OC1CCOCC1. The molecule has 196 valence electrons. The Morgan fingerprint density at radius 1 is 1.11 bits per heavy atom. The highest BCUT2D eigenvalue weighted by Crippen LogP contribution is 2.28. The fraction of sp³-hybridized carbons (Fsp3) is 0.357. The van der Waals surface area contributed by atoms with Gasteiger partial charge in [0, 0.05) is 62.2 Å². The number of hydrogen-bond donors (Lipinski definition) is 2. The Morgan fingerprint density at radius 2 is 1.87 bits per heavy atom. The van der Waals surface area contributed by atoms with Gasteiger partial charge in [0.25, 0.3) is 0 Å². The van der Waals surface area contributed by atoms with E-state index in [-0.39, 0.29) is 12.0 Å². The van der Waals surface area contributed by atoms with Crippen molar-refractivity contribution in [2.45, 2.75) is 18.9 Å². The third-order valence-electron chi connectivity index (χ3n) is 6.75. The first-order valence-corrected chi connectivity index (χ1v) is 12.8. The average molecular weight is 515 g/mol. The van der Waals surface area contributed by atoms with E-state index in [1.807, 2.05) is 36.4 Å². The quantitative estimate of drug-likeness (QED) is 0.490. The lowest BCUT2D eigenvalue weighted by Gasteiger charge is -2.35. The van der Waals surface area contributed by atoms with Crippen LogP contribution in [0.5, 0.6) is 5.75 Å². The molecule has 2 aromatic carbocycles. The van der Waals surface area contributed by atoms with E-state index in [1.54, 1.807) is 23.2 Å². The number of amides is 1. The van der Waals surface area contributed by atoms with Gasteiger partial charge in [-0.25, -0.2) is 9.97 Å². The summed E-state index contributed by atoms with van der Waals surface area (Å²) in [4.78, 5) is 24.6. The lowest BCUT2D eigenvalue weighted by molar-refractivity contribution is -0.134. The number of hydrogen-bond acceptors (Lipinski definition) is 9. The zero-order chi connectivity index (χ0) is 26.3. The fourth-order valence-corrected chi connectivity index (χ4v) is 4.62. The van der Waals surface area contributed by atoms with E-state index in [4.69, 9.17) is 14.6 Å². The van der Waals surface area contributed by atoms with Crippen molar-refractivity contribution in [3.63, 3.8) is 0 Å². The van der Waals surface area contributed by atoms with Crippen molar-refractivity contribution in [1.82, 2.24) is 14.9 Å². The van der Waals surface area contributed by atoms with Gasteiger partial charge in [0.1, 0.15) is 30.3 Å². The third kappa shape index (κ3) is 6.02.